The molecule has 18 heavy (non-hydrogen) atoms. The number of methoxy groups -OCH3 is 1. The highest BCUT2D eigenvalue weighted by Crippen LogP contribution is 2.25. The molecule has 0 radical (unpaired) electrons. The number of esters is 1. The van der Waals surface area contributed by atoms with Crippen molar-refractivity contribution in [2.75, 3.05) is 12.9 Å². The minimum atomic E-state index is -0.894. The Bertz CT molecular complexity index is 374. The van der Waals surface area contributed by atoms with Gasteiger partial charge in [0.2, 0.25) is 0 Å². The summed E-state index contributed by atoms with van der Waals surface area (Å²) < 4.78 is 16.5. The minimum Gasteiger partial charge on any atom is -0.469 e. The van der Waals surface area contributed by atoms with Gasteiger partial charge in [-0.2, -0.15) is 0 Å². The van der Waals surface area contributed by atoms with E-state index in [1.54, 1.807) is 0 Å². The van der Waals surface area contributed by atoms with Crippen molar-refractivity contribution in [2.45, 2.75) is 43.0 Å². The molecule has 4 atom stereocenters. The topological polar surface area (TPSA) is 84.5 Å². The van der Waals surface area contributed by atoms with Crippen molar-refractivity contribution in [3.05, 3.63) is 0 Å². The molecule has 2 heterocycles. The zero-order valence-corrected chi connectivity index (χ0v) is 11.1. The predicted octanol–water partition coefficient (Wildman–Crippen LogP) is -0.0993. The highest BCUT2D eigenvalue weighted by Gasteiger charge is 2.46. The van der Waals surface area contributed by atoms with Crippen LogP contribution in [0.3, 0.4) is 0 Å². The van der Waals surface area contributed by atoms with E-state index in [-0.39, 0.29) is 29.3 Å². The molecule has 6 nitrogen and oxygen atoms in total. The Balaban J connectivity index is 1.76. The van der Waals surface area contributed by atoms with E-state index in [0.29, 0.717) is 12.2 Å². The fourth-order valence-corrected chi connectivity index (χ4v) is 4.45. The SMILES string of the molecule is COC(=O)CCCC[C@H]1[C@H]2NC(=O)N[C@H]2C[S@@]1=O. The van der Waals surface area contributed by atoms with Crippen molar-refractivity contribution in [1.82, 2.24) is 10.6 Å². The lowest BCUT2D eigenvalue weighted by Gasteiger charge is -2.15. The van der Waals surface area contributed by atoms with E-state index < -0.39 is 10.8 Å². The second-order valence-electron chi connectivity index (χ2n) is 4.66. The van der Waals surface area contributed by atoms with Crippen LogP contribution < -0.4 is 10.6 Å². The van der Waals surface area contributed by atoms with Crippen LogP contribution in [0.15, 0.2) is 0 Å². The van der Waals surface area contributed by atoms with E-state index in [2.05, 4.69) is 15.4 Å². The van der Waals surface area contributed by atoms with Crippen LogP contribution in [0.1, 0.15) is 25.7 Å². The van der Waals surface area contributed by atoms with Crippen LogP contribution in [0.4, 0.5) is 4.79 Å². The van der Waals surface area contributed by atoms with Crippen LogP contribution in [-0.4, -0.2) is 46.4 Å². The van der Waals surface area contributed by atoms with Crippen molar-refractivity contribution in [2.24, 2.45) is 0 Å². The molecule has 0 spiro atoms. The van der Waals surface area contributed by atoms with Crippen LogP contribution in [-0.2, 0) is 20.3 Å². The van der Waals surface area contributed by atoms with Gasteiger partial charge in [0.25, 0.3) is 0 Å². The second-order valence-corrected chi connectivity index (χ2v) is 6.36. The first kappa shape index (κ1) is 13.3. The molecule has 0 saturated carbocycles. The number of rotatable bonds is 5. The molecule has 2 amide bonds. The van der Waals surface area contributed by atoms with Crippen LogP contribution in [0.5, 0.6) is 0 Å². The normalized spacial score (nSPS) is 33.7. The van der Waals surface area contributed by atoms with E-state index in [4.69, 9.17) is 0 Å². The van der Waals surface area contributed by atoms with E-state index >= 15 is 0 Å². The molecule has 2 aliphatic heterocycles. The Morgan fingerprint density at radius 2 is 2.22 bits per heavy atom. The lowest BCUT2D eigenvalue weighted by molar-refractivity contribution is -0.140. The number of fused-ring (bicyclic) bond motifs is 1. The Labute approximate surface area is 108 Å². The summed E-state index contributed by atoms with van der Waals surface area (Å²) in [4.78, 5) is 22.1. The van der Waals surface area contributed by atoms with Crippen molar-refractivity contribution in [3.8, 4) is 0 Å². The van der Waals surface area contributed by atoms with Crippen LogP contribution >= 0.6 is 0 Å². The maximum Gasteiger partial charge on any atom is 0.315 e. The van der Waals surface area contributed by atoms with Gasteiger partial charge in [-0.3, -0.25) is 9.00 Å². The third-order valence-corrected chi connectivity index (χ3v) is 5.37. The van der Waals surface area contributed by atoms with Gasteiger partial charge < -0.3 is 15.4 Å². The van der Waals surface area contributed by atoms with E-state index in [9.17, 15) is 13.8 Å². The third-order valence-electron chi connectivity index (χ3n) is 3.48. The Morgan fingerprint density at radius 3 is 2.94 bits per heavy atom. The number of hydrogen-bond donors (Lipinski definition) is 2. The first-order valence-corrected chi connectivity index (χ1v) is 7.51. The summed E-state index contributed by atoms with van der Waals surface area (Å²) >= 11 is 0. The molecule has 0 aromatic carbocycles. The summed E-state index contributed by atoms with van der Waals surface area (Å²) in [6.45, 7) is 0. The monoisotopic (exact) mass is 274 g/mol. The third kappa shape index (κ3) is 2.82. The fraction of sp³-hybridized carbons (Fsp3) is 0.818. The quantitative estimate of drug-likeness (QED) is 0.416. The molecule has 0 aromatic rings. The Morgan fingerprint density at radius 1 is 1.44 bits per heavy atom. The highest BCUT2D eigenvalue weighted by atomic mass is 32.2. The molecule has 7 heteroatoms. The average molecular weight is 274 g/mol. The Hall–Kier alpha value is -1.11. The van der Waals surface area contributed by atoms with Gasteiger partial charge in [-0.05, 0) is 12.8 Å². The number of carbonyl (C=O) groups is 2. The number of nitrogens with one attached hydrogen (secondary N) is 2. The van der Waals surface area contributed by atoms with Gasteiger partial charge in [-0.15, -0.1) is 0 Å². The van der Waals surface area contributed by atoms with E-state index in [1.165, 1.54) is 7.11 Å². The summed E-state index contributed by atoms with van der Waals surface area (Å²) in [7, 11) is 0.480. The molecular formula is C11H18N2O4S. The summed E-state index contributed by atoms with van der Waals surface area (Å²) in [6, 6.07) is -0.179. The molecule has 2 fully saturated rings. The first-order valence-electron chi connectivity index (χ1n) is 6.13. The van der Waals surface area contributed by atoms with E-state index in [1.807, 2.05) is 0 Å². The van der Waals surface area contributed by atoms with Gasteiger partial charge in [-0.25, -0.2) is 4.79 Å². The van der Waals surface area contributed by atoms with Gasteiger partial charge in [-0.1, -0.05) is 6.42 Å². The summed E-state index contributed by atoms with van der Waals surface area (Å²) in [5, 5.41) is 5.61. The zero-order valence-electron chi connectivity index (χ0n) is 10.3. The minimum absolute atomic E-state index is 0.00365. The number of ether oxygens (including phenoxy) is 1. The van der Waals surface area contributed by atoms with Crippen LogP contribution in [0, 0.1) is 0 Å². The lowest BCUT2D eigenvalue weighted by Crippen LogP contribution is -2.38. The van der Waals surface area contributed by atoms with Gasteiger partial charge in [0.05, 0.1) is 24.4 Å². The number of amides is 2. The summed E-state index contributed by atoms with van der Waals surface area (Å²) in [6.07, 6.45) is 2.73. The molecule has 0 aromatic heterocycles. The molecule has 2 rings (SSSR count). The molecule has 2 N–H and O–H groups in total. The zero-order chi connectivity index (χ0) is 13.1. The average Bonchev–Trinajstić information content (AvgIpc) is 2.81. The first-order chi connectivity index (χ1) is 8.61. The van der Waals surface area contributed by atoms with Crippen LogP contribution in [0.2, 0.25) is 0 Å². The maximum absolute atomic E-state index is 11.9. The molecule has 2 saturated heterocycles. The molecule has 0 unspecified atom stereocenters. The predicted molar refractivity (Wildman–Crippen MR) is 66.5 cm³/mol. The molecule has 102 valence electrons. The highest BCUT2D eigenvalue weighted by molar-refractivity contribution is 7.86. The van der Waals surface area contributed by atoms with Crippen molar-refractivity contribution in [3.63, 3.8) is 0 Å². The standard InChI is InChI=1S/C11H18N2O4S/c1-17-9(14)5-3-2-4-8-10-7(6-18(8)16)12-11(15)13-10/h7-8,10H,2-6H2,1H3,(H2,12,13,15)/t7-,8-,10-,18-/m0/s1. The summed E-state index contributed by atoms with van der Waals surface area (Å²) in [5.41, 5.74) is 0. The largest absolute Gasteiger partial charge is 0.469 e. The number of urea groups is 1. The van der Waals surface area contributed by atoms with Gasteiger partial charge in [0.15, 0.2) is 0 Å². The molecular weight excluding hydrogens is 256 g/mol. The molecule has 0 bridgehead atoms. The molecule has 2 aliphatic rings. The van der Waals surface area contributed by atoms with Gasteiger partial charge in [0.1, 0.15) is 0 Å². The summed E-state index contributed by atoms with van der Waals surface area (Å²) in [5.74, 6) is 0.321. The van der Waals surface area contributed by atoms with Crippen molar-refractivity contribution in [1.29, 1.82) is 0 Å². The number of hydrogen-bond acceptors (Lipinski definition) is 4. The number of carbonyl (C=O) groups excluding carboxylic acids is 2. The van der Waals surface area contributed by atoms with Gasteiger partial charge >= 0.3 is 12.0 Å². The van der Waals surface area contributed by atoms with Gasteiger partial charge in [0, 0.05) is 23.0 Å². The maximum atomic E-state index is 11.9. The Kier molecular flexibility index (Phi) is 4.21. The van der Waals surface area contributed by atoms with Crippen molar-refractivity contribution < 1.29 is 18.5 Å². The molecule has 0 aliphatic carbocycles. The van der Waals surface area contributed by atoms with Crippen LogP contribution in [0.25, 0.3) is 0 Å². The van der Waals surface area contributed by atoms with E-state index in [0.717, 1.165) is 19.3 Å². The second kappa shape index (κ2) is 5.69. The smallest absolute Gasteiger partial charge is 0.315 e. The van der Waals surface area contributed by atoms with Crippen molar-refractivity contribution >= 4 is 22.8 Å². The fourth-order valence-electron chi connectivity index (χ4n) is 2.54. The number of unbranched alkanes of at least 4 members (excludes halogenated alkanes) is 1. The lowest BCUT2D eigenvalue weighted by atomic mass is 10.0.